The van der Waals surface area contributed by atoms with E-state index in [1.165, 1.54) is 4.52 Å². The highest BCUT2D eigenvalue weighted by molar-refractivity contribution is 5.41. The van der Waals surface area contributed by atoms with Crippen LogP contribution in [0, 0.1) is 0 Å². The summed E-state index contributed by atoms with van der Waals surface area (Å²) in [5.41, 5.74) is 2.57. The van der Waals surface area contributed by atoms with Crippen LogP contribution in [-0.2, 0) is 11.8 Å². The molecule has 92 valence electrons. The van der Waals surface area contributed by atoms with E-state index >= 15 is 0 Å². The van der Waals surface area contributed by atoms with Gasteiger partial charge < -0.3 is 0 Å². The Balaban J connectivity index is 2.61. The van der Waals surface area contributed by atoms with Gasteiger partial charge in [0, 0.05) is 28.9 Å². The molecule has 0 atom stereocenters. The summed E-state index contributed by atoms with van der Waals surface area (Å²) in [6.45, 7) is 8.41. The monoisotopic (exact) mass is 233 g/mol. The Morgan fingerprint density at radius 1 is 1.35 bits per heavy atom. The van der Waals surface area contributed by atoms with E-state index in [0.29, 0.717) is 5.65 Å². The molecule has 0 aliphatic carbocycles. The molecule has 0 radical (unpaired) electrons. The van der Waals surface area contributed by atoms with Crippen molar-refractivity contribution in [3.8, 4) is 0 Å². The lowest BCUT2D eigenvalue weighted by atomic mass is 9.93. The average molecular weight is 233 g/mol. The topological polar surface area (TPSA) is 50.2 Å². The lowest BCUT2D eigenvalue weighted by Crippen LogP contribution is -2.17. The summed E-state index contributed by atoms with van der Waals surface area (Å²) < 4.78 is 1.51. The third-order valence-electron chi connectivity index (χ3n) is 2.82. The second-order valence-electron chi connectivity index (χ2n) is 5.45. The third-order valence-corrected chi connectivity index (χ3v) is 2.82. The molecule has 0 fully saturated rings. The van der Waals surface area contributed by atoms with Gasteiger partial charge in [-0.15, -0.1) is 0 Å². The quantitative estimate of drug-likeness (QED) is 0.865. The molecule has 0 unspecified atom stereocenters. The summed E-state index contributed by atoms with van der Waals surface area (Å²) in [5, 5.41) is 3.11. The zero-order valence-electron chi connectivity index (χ0n) is 10.9. The zero-order chi connectivity index (χ0) is 12.6. The van der Waals surface area contributed by atoms with E-state index in [0.717, 1.165) is 24.2 Å². The number of hydrogen-bond acceptors (Lipinski definition) is 2. The van der Waals surface area contributed by atoms with Crippen molar-refractivity contribution in [1.82, 2.24) is 14.6 Å². The molecule has 4 heteroatoms. The van der Waals surface area contributed by atoms with Crippen molar-refractivity contribution in [3.63, 3.8) is 0 Å². The second kappa shape index (κ2) is 4.02. The van der Waals surface area contributed by atoms with Crippen molar-refractivity contribution < 1.29 is 0 Å². The maximum absolute atomic E-state index is 11.9. The molecule has 0 saturated carbocycles. The molecule has 0 aliphatic heterocycles. The number of nitrogens with zero attached hydrogens (tertiary/aromatic N) is 2. The van der Waals surface area contributed by atoms with Gasteiger partial charge in [-0.2, -0.15) is 0 Å². The Kier molecular flexibility index (Phi) is 2.81. The van der Waals surface area contributed by atoms with Crippen molar-refractivity contribution in [3.05, 3.63) is 33.9 Å². The number of aryl methyl sites for hydroxylation is 1. The van der Waals surface area contributed by atoms with Crippen molar-refractivity contribution in [2.45, 2.75) is 46.0 Å². The van der Waals surface area contributed by atoms with Crippen LogP contribution in [0.2, 0.25) is 0 Å². The fourth-order valence-corrected chi connectivity index (χ4v) is 1.81. The predicted octanol–water partition coefficient (Wildman–Crippen LogP) is 2.27. The van der Waals surface area contributed by atoms with Crippen LogP contribution < -0.4 is 5.56 Å². The highest BCUT2D eigenvalue weighted by Crippen LogP contribution is 2.20. The van der Waals surface area contributed by atoms with Gasteiger partial charge in [-0.3, -0.25) is 9.89 Å². The van der Waals surface area contributed by atoms with Gasteiger partial charge in [-0.05, 0) is 6.42 Å². The van der Waals surface area contributed by atoms with E-state index in [9.17, 15) is 4.79 Å². The molecule has 0 spiro atoms. The zero-order valence-corrected chi connectivity index (χ0v) is 10.9. The summed E-state index contributed by atoms with van der Waals surface area (Å²) in [4.78, 5) is 16.4. The first kappa shape index (κ1) is 11.9. The van der Waals surface area contributed by atoms with Crippen LogP contribution in [0.1, 0.15) is 45.5 Å². The molecule has 0 aromatic carbocycles. The maximum Gasteiger partial charge on any atom is 0.272 e. The van der Waals surface area contributed by atoms with E-state index < -0.39 is 0 Å². The number of hydrogen-bond donors (Lipinski definition) is 1. The summed E-state index contributed by atoms with van der Waals surface area (Å²) in [7, 11) is 0. The van der Waals surface area contributed by atoms with Crippen LogP contribution in [0.5, 0.6) is 0 Å². The molecule has 4 nitrogen and oxygen atoms in total. The van der Waals surface area contributed by atoms with Gasteiger partial charge in [0.1, 0.15) is 0 Å². The molecular weight excluding hydrogens is 214 g/mol. The Hall–Kier alpha value is -1.58. The normalized spacial score (nSPS) is 12.2. The standard InChI is InChI=1S/C13H19N3O/c1-5-6-9-7-12(17)16-11(14-9)8-10(15-16)13(2,3)4/h7-8,15H,5-6H2,1-4H3. The van der Waals surface area contributed by atoms with Crippen molar-refractivity contribution >= 4 is 5.65 Å². The van der Waals surface area contributed by atoms with Gasteiger partial charge in [0.15, 0.2) is 5.65 Å². The first-order valence-corrected chi connectivity index (χ1v) is 6.04. The molecule has 2 aromatic rings. The Morgan fingerprint density at radius 2 is 2.06 bits per heavy atom. The van der Waals surface area contributed by atoms with Crippen molar-refractivity contribution in [2.24, 2.45) is 0 Å². The van der Waals surface area contributed by atoms with Crippen molar-refractivity contribution in [2.75, 3.05) is 0 Å². The number of rotatable bonds is 2. The molecule has 2 aromatic heterocycles. The summed E-state index contributed by atoms with van der Waals surface area (Å²) in [6, 6.07) is 3.57. The van der Waals surface area contributed by atoms with Crippen molar-refractivity contribution in [1.29, 1.82) is 0 Å². The molecule has 0 bridgehead atoms. The number of aromatic nitrogens is 3. The first-order valence-electron chi connectivity index (χ1n) is 6.04. The van der Waals surface area contributed by atoms with E-state index in [1.54, 1.807) is 6.07 Å². The number of H-pyrrole nitrogens is 1. The fourth-order valence-electron chi connectivity index (χ4n) is 1.81. The van der Waals surface area contributed by atoms with Gasteiger partial charge >= 0.3 is 0 Å². The minimum atomic E-state index is -0.0334. The molecule has 0 aliphatic rings. The molecule has 2 rings (SSSR count). The molecule has 2 heterocycles. The molecule has 17 heavy (non-hydrogen) atoms. The number of fused-ring (bicyclic) bond motifs is 1. The fraction of sp³-hybridized carbons (Fsp3) is 0.538. The minimum absolute atomic E-state index is 0.00887. The lowest BCUT2D eigenvalue weighted by Gasteiger charge is -2.14. The lowest BCUT2D eigenvalue weighted by molar-refractivity contribution is 0.561. The summed E-state index contributed by atoms with van der Waals surface area (Å²) in [6.07, 6.45) is 1.85. The van der Waals surface area contributed by atoms with Gasteiger partial charge in [-0.25, -0.2) is 9.50 Å². The first-order chi connectivity index (χ1) is 7.91. The van der Waals surface area contributed by atoms with Crippen LogP contribution in [0.3, 0.4) is 0 Å². The SMILES string of the molecule is CCCc1cc(=O)n2[nH]c(C(C)(C)C)cc2n1. The number of nitrogens with one attached hydrogen (secondary N) is 1. The smallest absolute Gasteiger partial charge is 0.272 e. The van der Waals surface area contributed by atoms with E-state index in [4.69, 9.17) is 0 Å². The molecule has 0 amide bonds. The Morgan fingerprint density at radius 3 is 2.65 bits per heavy atom. The highest BCUT2D eigenvalue weighted by Gasteiger charge is 2.17. The summed E-state index contributed by atoms with van der Waals surface area (Å²) >= 11 is 0. The van der Waals surface area contributed by atoms with Crippen LogP contribution in [-0.4, -0.2) is 14.6 Å². The molecule has 0 saturated heterocycles. The van der Waals surface area contributed by atoms with Crippen LogP contribution in [0.4, 0.5) is 0 Å². The third kappa shape index (κ3) is 2.25. The van der Waals surface area contributed by atoms with E-state index in [1.807, 2.05) is 6.07 Å². The largest absolute Gasteiger partial charge is 0.293 e. The van der Waals surface area contributed by atoms with Gasteiger partial charge in [0.25, 0.3) is 5.56 Å². The predicted molar refractivity (Wildman–Crippen MR) is 68.5 cm³/mol. The van der Waals surface area contributed by atoms with E-state index in [-0.39, 0.29) is 11.0 Å². The van der Waals surface area contributed by atoms with Crippen LogP contribution in [0.15, 0.2) is 16.9 Å². The second-order valence-corrected chi connectivity index (χ2v) is 5.45. The number of aromatic amines is 1. The summed E-state index contributed by atoms with van der Waals surface area (Å²) in [5.74, 6) is 0. The van der Waals surface area contributed by atoms with Gasteiger partial charge in [0.2, 0.25) is 0 Å². The van der Waals surface area contributed by atoms with Crippen LogP contribution in [0.25, 0.3) is 5.65 Å². The molecular formula is C13H19N3O. The maximum atomic E-state index is 11.9. The Labute approximate surface area is 101 Å². The molecule has 1 N–H and O–H groups in total. The van der Waals surface area contributed by atoms with Crippen LogP contribution >= 0.6 is 0 Å². The Bertz CT molecular complexity index is 587. The van der Waals surface area contributed by atoms with Gasteiger partial charge in [-0.1, -0.05) is 34.1 Å². The highest BCUT2D eigenvalue weighted by atomic mass is 16.1. The average Bonchev–Trinajstić information content (AvgIpc) is 2.61. The van der Waals surface area contributed by atoms with E-state index in [2.05, 4.69) is 37.8 Å². The minimum Gasteiger partial charge on any atom is -0.293 e. The van der Waals surface area contributed by atoms with Gasteiger partial charge in [0.05, 0.1) is 0 Å².